The number of H-pyrrole nitrogens is 1. The first-order valence-corrected chi connectivity index (χ1v) is 7.18. The molecule has 1 fully saturated rings. The number of hydrogen-bond donors (Lipinski definition) is 2. The average molecular weight is 264 g/mol. The van der Waals surface area contributed by atoms with Crippen LogP contribution in [0, 0.1) is 0 Å². The molecule has 0 aromatic carbocycles. The van der Waals surface area contributed by atoms with Gasteiger partial charge in [-0.25, -0.2) is 0 Å². The molecule has 0 bridgehead atoms. The molecule has 0 radical (unpaired) electrons. The quantitative estimate of drug-likeness (QED) is 0.868. The van der Waals surface area contributed by atoms with E-state index in [4.69, 9.17) is 5.73 Å². The fraction of sp³-hybridized carbons (Fsp3) is 0.714. The molecule has 5 heteroatoms. The lowest BCUT2D eigenvalue weighted by Crippen LogP contribution is -2.56. The normalized spacial score (nSPS) is 20.6. The van der Waals surface area contributed by atoms with Crippen LogP contribution in [0.2, 0.25) is 0 Å². The van der Waals surface area contributed by atoms with E-state index >= 15 is 0 Å². The van der Waals surface area contributed by atoms with Gasteiger partial charge in [-0.05, 0) is 31.7 Å². The predicted octanol–water partition coefficient (Wildman–Crippen LogP) is 1.63. The molecule has 1 amide bonds. The first-order valence-electron chi connectivity index (χ1n) is 7.18. The smallest absolute Gasteiger partial charge is 0.242 e. The van der Waals surface area contributed by atoms with Crippen LogP contribution in [0.3, 0.4) is 0 Å². The summed E-state index contributed by atoms with van der Waals surface area (Å²) in [5.41, 5.74) is 6.64. The van der Waals surface area contributed by atoms with Crippen LogP contribution in [-0.4, -0.2) is 39.6 Å². The summed E-state index contributed by atoms with van der Waals surface area (Å²) in [6.07, 6.45) is 5.27. The van der Waals surface area contributed by atoms with Crippen LogP contribution in [0.15, 0.2) is 12.3 Å². The van der Waals surface area contributed by atoms with Gasteiger partial charge >= 0.3 is 0 Å². The van der Waals surface area contributed by atoms with Crippen LogP contribution in [0.4, 0.5) is 0 Å². The summed E-state index contributed by atoms with van der Waals surface area (Å²) in [5, 5.41) is 7.01. The standard InChI is InChI=1S/C14H24N4O/c1-3-14(15,4-2)13(19)18-9-5-6-11(10-18)12-7-8-16-17-12/h7-8,11H,3-6,9-10,15H2,1-2H3,(H,16,17). The van der Waals surface area contributed by atoms with Crippen molar-refractivity contribution in [3.63, 3.8) is 0 Å². The summed E-state index contributed by atoms with van der Waals surface area (Å²) in [4.78, 5) is 14.5. The highest BCUT2D eigenvalue weighted by molar-refractivity contribution is 5.86. The van der Waals surface area contributed by atoms with Gasteiger partial charge in [0, 0.05) is 30.9 Å². The van der Waals surface area contributed by atoms with Gasteiger partial charge in [-0.1, -0.05) is 13.8 Å². The average Bonchev–Trinajstić information content (AvgIpc) is 3.00. The number of carbonyl (C=O) groups is 1. The number of nitrogens with two attached hydrogens (primary N) is 1. The van der Waals surface area contributed by atoms with E-state index in [0.717, 1.165) is 31.6 Å². The molecule has 3 N–H and O–H groups in total. The van der Waals surface area contributed by atoms with Crippen LogP contribution < -0.4 is 5.73 Å². The van der Waals surface area contributed by atoms with Gasteiger partial charge in [-0.3, -0.25) is 9.89 Å². The fourth-order valence-electron chi connectivity index (χ4n) is 2.78. The van der Waals surface area contributed by atoms with Crippen LogP contribution >= 0.6 is 0 Å². The molecule has 1 aliphatic heterocycles. The molecule has 2 heterocycles. The molecule has 1 atom stereocenters. The zero-order chi connectivity index (χ0) is 13.9. The van der Waals surface area contributed by atoms with E-state index in [9.17, 15) is 4.79 Å². The Hall–Kier alpha value is -1.36. The third kappa shape index (κ3) is 2.81. The zero-order valence-corrected chi connectivity index (χ0v) is 11.9. The van der Waals surface area contributed by atoms with E-state index in [2.05, 4.69) is 10.2 Å². The number of aromatic amines is 1. The molecule has 1 aromatic rings. The Morgan fingerprint density at radius 1 is 1.58 bits per heavy atom. The van der Waals surface area contributed by atoms with Crippen molar-refractivity contribution in [2.24, 2.45) is 5.73 Å². The van der Waals surface area contributed by atoms with Gasteiger partial charge in [-0.2, -0.15) is 5.10 Å². The summed E-state index contributed by atoms with van der Waals surface area (Å²) in [5.74, 6) is 0.458. The third-order valence-electron chi connectivity index (χ3n) is 4.36. The Balaban J connectivity index is 2.07. The number of hydrogen-bond acceptors (Lipinski definition) is 3. The Morgan fingerprint density at radius 3 is 2.89 bits per heavy atom. The minimum absolute atomic E-state index is 0.0988. The molecule has 2 rings (SSSR count). The van der Waals surface area contributed by atoms with Crippen LogP contribution in [0.5, 0.6) is 0 Å². The van der Waals surface area contributed by atoms with Gasteiger partial charge < -0.3 is 10.6 Å². The van der Waals surface area contributed by atoms with Crippen molar-refractivity contribution in [2.75, 3.05) is 13.1 Å². The topological polar surface area (TPSA) is 75.0 Å². The van der Waals surface area contributed by atoms with E-state index in [0.29, 0.717) is 18.8 Å². The third-order valence-corrected chi connectivity index (χ3v) is 4.36. The van der Waals surface area contributed by atoms with E-state index < -0.39 is 5.54 Å². The Morgan fingerprint density at radius 2 is 2.32 bits per heavy atom. The molecule has 1 aliphatic rings. The minimum atomic E-state index is -0.699. The van der Waals surface area contributed by atoms with Crippen molar-refractivity contribution in [3.05, 3.63) is 18.0 Å². The SMILES string of the molecule is CCC(N)(CC)C(=O)N1CCCC(c2ccn[nH]2)C1. The van der Waals surface area contributed by atoms with Crippen molar-refractivity contribution in [1.29, 1.82) is 0 Å². The van der Waals surface area contributed by atoms with Gasteiger partial charge in [0.15, 0.2) is 0 Å². The molecule has 106 valence electrons. The minimum Gasteiger partial charge on any atom is -0.340 e. The van der Waals surface area contributed by atoms with Gasteiger partial charge in [0.2, 0.25) is 5.91 Å². The summed E-state index contributed by atoms with van der Waals surface area (Å²) in [7, 11) is 0. The molecule has 5 nitrogen and oxygen atoms in total. The van der Waals surface area contributed by atoms with E-state index in [1.54, 1.807) is 6.20 Å². The molecule has 0 saturated carbocycles. The number of nitrogens with one attached hydrogen (secondary N) is 1. The van der Waals surface area contributed by atoms with E-state index in [1.807, 2.05) is 24.8 Å². The maximum absolute atomic E-state index is 12.6. The van der Waals surface area contributed by atoms with Gasteiger partial charge in [0.1, 0.15) is 0 Å². The van der Waals surface area contributed by atoms with Crippen LogP contribution in [-0.2, 0) is 4.79 Å². The molecule has 1 unspecified atom stereocenters. The lowest BCUT2D eigenvalue weighted by molar-refractivity contribution is -0.138. The maximum atomic E-state index is 12.6. The molecule has 1 saturated heterocycles. The number of aromatic nitrogens is 2. The Bertz CT molecular complexity index is 411. The molecule has 0 spiro atoms. The number of amides is 1. The highest BCUT2D eigenvalue weighted by Crippen LogP contribution is 2.27. The summed E-state index contributed by atoms with van der Waals surface area (Å²) in [6, 6.07) is 1.99. The zero-order valence-electron chi connectivity index (χ0n) is 11.9. The summed E-state index contributed by atoms with van der Waals surface area (Å²) in [6.45, 7) is 5.54. The van der Waals surface area contributed by atoms with Gasteiger partial charge in [-0.15, -0.1) is 0 Å². The predicted molar refractivity (Wildman–Crippen MR) is 74.6 cm³/mol. The highest BCUT2D eigenvalue weighted by Gasteiger charge is 2.36. The second kappa shape index (κ2) is 5.74. The summed E-state index contributed by atoms with van der Waals surface area (Å²) < 4.78 is 0. The fourth-order valence-corrected chi connectivity index (χ4v) is 2.78. The first kappa shape index (κ1) is 14.1. The number of likely N-dealkylation sites (tertiary alicyclic amines) is 1. The molecule has 1 aromatic heterocycles. The highest BCUT2D eigenvalue weighted by atomic mass is 16.2. The van der Waals surface area contributed by atoms with Gasteiger partial charge in [0.05, 0.1) is 5.54 Å². The Labute approximate surface area is 114 Å². The second-order valence-electron chi connectivity index (χ2n) is 5.47. The van der Waals surface area contributed by atoms with E-state index in [1.165, 1.54) is 0 Å². The largest absolute Gasteiger partial charge is 0.340 e. The molecular formula is C14H24N4O. The number of nitrogens with zero attached hydrogens (tertiary/aromatic N) is 2. The molecule has 19 heavy (non-hydrogen) atoms. The Kier molecular flexibility index (Phi) is 4.24. The van der Waals surface area contributed by atoms with Crippen molar-refractivity contribution >= 4 is 5.91 Å². The van der Waals surface area contributed by atoms with Crippen molar-refractivity contribution < 1.29 is 4.79 Å². The first-order chi connectivity index (χ1) is 9.10. The van der Waals surface area contributed by atoms with E-state index in [-0.39, 0.29) is 5.91 Å². The monoisotopic (exact) mass is 264 g/mol. The maximum Gasteiger partial charge on any atom is 0.242 e. The lowest BCUT2D eigenvalue weighted by atomic mass is 9.89. The molecular weight excluding hydrogens is 240 g/mol. The molecule has 0 aliphatic carbocycles. The lowest BCUT2D eigenvalue weighted by Gasteiger charge is -2.38. The second-order valence-corrected chi connectivity index (χ2v) is 5.47. The van der Waals surface area contributed by atoms with Crippen molar-refractivity contribution in [2.45, 2.75) is 51.0 Å². The number of rotatable bonds is 4. The van der Waals surface area contributed by atoms with Gasteiger partial charge in [0.25, 0.3) is 0 Å². The van der Waals surface area contributed by atoms with Crippen molar-refractivity contribution in [1.82, 2.24) is 15.1 Å². The van der Waals surface area contributed by atoms with Crippen molar-refractivity contribution in [3.8, 4) is 0 Å². The number of piperidine rings is 1. The summed E-state index contributed by atoms with van der Waals surface area (Å²) >= 11 is 0. The van der Waals surface area contributed by atoms with Crippen LogP contribution in [0.1, 0.15) is 51.1 Å². The number of carbonyl (C=O) groups excluding carboxylic acids is 1. The van der Waals surface area contributed by atoms with Crippen LogP contribution in [0.25, 0.3) is 0 Å².